The maximum atomic E-state index is 10.8. The molecule has 0 amide bonds. The summed E-state index contributed by atoms with van der Waals surface area (Å²) in [6.45, 7) is 0.866. The number of nitrogens with one attached hydrogen (secondary N) is 1. The topological polar surface area (TPSA) is 29.1 Å². The summed E-state index contributed by atoms with van der Waals surface area (Å²) in [4.78, 5) is 11.5. The second kappa shape index (κ2) is 2.92. The van der Waals surface area contributed by atoms with E-state index >= 15 is 0 Å². The van der Waals surface area contributed by atoms with Crippen molar-refractivity contribution in [1.29, 1.82) is 0 Å². The molecule has 0 atom stereocenters. The highest BCUT2D eigenvalue weighted by molar-refractivity contribution is 7.80. The van der Waals surface area contributed by atoms with Crippen LogP contribution in [0.15, 0.2) is 0 Å². The van der Waals surface area contributed by atoms with Crippen LogP contribution in [0.1, 0.15) is 19.3 Å². The van der Waals surface area contributed by atoms with Crippen molar-refractivity contribution in [3.8, 4) is 0 Å². The third-order valence-electron chi connectivity index (χ3n) is 1.31. The van der Waals surface area contributed by atoms with Gasteiger partial charge in [-0.3, -0.25) is 4.79 Å². The van der Waals surface area contributed by atoms with Crippen molar-refractivity contribution in [3.05, 3.63) is 0 Å². The van der Waals surface area contributed by atoms with Gasteiger partial charge in [-0.2, -0.15) is 0 Å². The highest BCUT2D eigenvalue weighted by atomic mass is 32.1. The fraction of sp³-hybridized carbons (Fsp3) is 0.667. The Hall–Kier alpha value is -0.440. The molecule has 3 heteroatoms. The molecule has 0 unspecified atom stereocenters. The van der Waals surface area contributed by atoms with Gasteiger partial charge in [0.15, 0.2) is 0 Å². The molecule has 0 aliphatic carbocycles. The minimum atomic E-state index is 0.269. The zero-order valence-corrected chi connectivity index (χ0v) is 5.96. The standard InChI is InChI=1S/C6H9NOS/c8-5-2-1-3-7-6(9)4-5/h1-4H2,(H,7,9). The van der Waals surface area contributed by atoms with E-state index in [0.29, 0.717) is 17.8 Å². The maximum absolute atomic E-state index is 10.8. The van der Waals surface area contributed by atoms with Gasteiger partial charge >= 0.3 is 0 Å². The monoisotopic (exact) mass is 143 g/mol. The summed E-state index contributed by atoms with van der Waals surface area (Å²) in [5.41, 5.74) is 0. The molecule has 1 fully saturated rings. The highest BCUT2D eigenvalue weighted by Crippen LogP contribution is 1.99. The number of thiocarbonyl (C=S) groups is 1. The molecule has 50 valence electrons. The lowest BCUT2D eigenvalue weighted by atomic mass is 10.2. The van der Waals surface area contributed by atoms with Crippen LogP contribution in [0, 0.1) is 0 Å². The third kappa shape index (κ3) is 2.10. The number of ketones is 1. The van der Waals surface area contributed by atoms with E-state index in [0.717, 1.165) is 13.0 Å². The fourth-order valence-corrected chi connectivity index (χ4v) is 1.11. The molecule has 0 radical (unpaired) electrons. The Morgan fingerprint density at radius 1 is 1.56 bits per heavy atom. The van der Waals surface area contributed by atoms with Gasteiger partial charge in [-0.05, 0) is 6.42 Å². The Bertz CT molecular complexity index is 128. The normalized spacial score (nSPS) is 20.9. The van der Waals surface area contributed by atoms with Gasteiger partial charge in [-0.15, -0.1) is 0 Å². The van der Waals surface area contributed by atoms with Crippen molar-refractivity contribution >= 4 is 23.0 Å². The Labute approximate surface area is 59.6 Å². The first-order valence-electron chi connectivity index (χ1n) is 3.07. The SMILES string of the molecule is O=C1CCCNC(=S)C1. The summed E-state index contributed by atoms with van der Waals surface area (Å²) >= 11 is 4.84. The number of carbonyl (C=O) groups excluding carboxylic acids is 1. The van der Waals surface area contributed by atoms with Crippen LogP contribution in [0.2, 0.25) is 0 Å². The van der Waals surface area contributed by atoms with E-state index in [1.807, 2.05) is 0 Å². The average Bonchev–Trinajstić information content (AvgIpc) is 1.93. The number of hydrogen-bond acceptors (Lipinski definition) is 2. The van der Waals surface area contributed by atoms with Gasteiger partial charge in [0.2, 0.25) is 0 Å². The molecule has 0 bridgehead atoms. The molecule has 1 heterocycles. The molecule has 1 N–H and O–H groups in total. The van der Waals surface area contributed by atoms with Crippen LogP contribution in [-0.2, 0) is 4.79 Å². The Kier molecular flexibility index (Phi) is 2.16. The number of rotatable bonds is 0. The van der Waals surface area contributed by atoms with Gasteiger partial charge in [0, 0.05) is 13.0 Å². The van der Waals surface area contributed by atoms with E-state index < -0.39 is 0 Å². The molecular formula is C6H9NOS. The minimum Gasteiger partial charge on any atom is -0.379 e. The predicted octanol–water partition coefficient (Wildman–Crippen LogP) is 0.656. The first-order chi connectivity index (χ1) is 4.29. The van der Waals surface area contributed by atoms with Gasteiger partial charge in [0.1, 0.15) is 5.78 Å². The van der Waals surface area contributed by atoms with Crippen molar-refractivity contribution in [2.75, 3.05) is 6.54 Å². The van der Waals surface area contributed by atoms with Crippen LogP contribution in [-0.4, -0.2) is 17.3 Å². The minimum absolute atomic E-state index is 0.269. The van der Waals surface area contributed by atoms with Gasteiger partial charge in [0.05, 0.1) is 11.4 Å². The van der Waals surface area contributed by atoms with E-state index in [1.54, 1.807) is 0 Å². The number of carbonyl (C=O) groups is 1. The molecule has 0 aromatic heterocycles. The second-order valence-corrected chi connectivity index (χ2v) is 2.66. The van der Waals surface area contributed by atoms with Crippen LogP contribution < -0.4 is 5.32 Å². The molecule has 1 aliphatic heterocycles. The Morgan fingerprint density at radius 2 is 2.33 bits per heavy atom. The van der Waals surface area contributed by atoms with Crippen LogP contribution in [0.25, 0.3) is 0 Å². The number of Topliss-reactive ketones (excluding diaryl/α,β-unsaturated/α-hetero) is 1. The van der Waals surface area contributed by atoms with Crippen molar-refractivity contribution in [1.82, 2.24) is 5.32 Å². The molecule has 0 aromatic carbocycles. The van der Waals surface area contributed by atoms with Crippen LogP contribution >= 0.6 is 12.2 Å². The molecule has 0 saturated carbocycles. The summed E-state index contributed by atoms with van der Waals surface area (Å²) in [7, 11) is 0. The van der Waals surface area contributed by atoms with Gasteiger partial charge in [0.25, 0.3) is 0 Å². The molecule has 2 nitrogen and oxygen atoms in total. The number of hydrogen-bond donors (Lipinski definition) is 1. The summed E-state index contributed by atoms with van der Waals surface area (Å²) in [5.74, 6) is 0.269. The quantitative estimate of drug-likeness (QED) is 0.505. The van der Waals surface area contributed by atoms with Gasteiger partial charge in [-0.25, -0.2) is 0 Å². The molecule has 0 aromatic rings. The largest absolute Gasteiger partial charge is 0.379 e. The predicted molar refractivity (Wildman–Crippen MR) is 39.5 cm³/mol. The van der Waals surface area contributed by atoms with Crippen molar-refractivity contribution < 1.29 is 4.79 Å². The van der Waals surface area contributed by atoms with Crippen molar-refractivity contribution in [2.24, 2.45) is 0 Å². The lowest BCUT2D eigenvalue weighted by molar-refractivity contribution is -0.117. The Balaban J connectivity index is 2.47. The molecule has 1 saturated heterocycles. The zero-order valence-electron chi connectivity index (χ0n) is 5.14. The van der Waals surface area contributed by atoms with Crippen LogP contribution in [0.5, 0.6) is 0 Å². The smallest absolute Gasteiger partial charge is 0.139 e. The highest BCUT2D eigenvalue weighted by Gasteiger charge is 2.09. The van der Waals surface area contributed by atoms with E-state index in [-0.39, 0.29) is 5.78 Å². The molecule has 0 spiro atoms. The van der Waals surface area contributed by atoms with Gasteiger partial charge < -0.3 is 5.32 Å². The lowest BCUT2D eigenvalue weighted by Crippen LogP contribution is -2.20. The maximum Gasteiger partial charge on any atom is 0.139 e. The molecular weight excluding hydrogens is 134 g/mol. The molecule has 1 aliphatic rings. The average molecular weight is 143 g/mol. The van der Waals surface area contributed by atoms with E-state index in [4.69, 9.17) is 12.2 Å². The zero-order chi connectivity index (χ0) is 6.69. The van der Waals surface area contributed by atoms with E-state index in [9.17, 15) is 4.79 Å². The summed E-state index contributed by atoms with van der Waals surface area (Å²) < 4.78 is 0. The first kappa shape index (κ1) is 6.68. The van der Waals surface area contributed by atoms with Crippen LogP contribution in [0.3, 0.4) is 0 Å². The van der Waals surface area contributed by atoms with E-state index in [2.05, 4.69) is 5.32 Å². The van der Waals surface area contributed by atoms with E-state index in [1.165, 1.54) is 0 Å². The fourth-order valence-electron chi connectivity index (χ4n) is 0.843. The van der Waals surface area contributed by atoms with Gasteiger partial charge in [-0.1, -0.05) is 12.2 Å². The molecule has 1 rings (SSSR count). The summed E-state index contributed by atoms with van der Waals surface area (Å²) in [6, 6.07) is 0. The van der Waals surface area contributed by atoms with Crippen LogP contribution in [0.4, 0.5) is 0 Å². The van der Waals surface area contributed by atoms with Crippen molar-refractivity contribution in [2.45, 2.75) is 19.3 Å². The molecule has 9 heavy (non-hydrogen) atoms. The van der Waals surface area contributed by atoms with Crippen molar-refractivity contribution in [3.63, 3.8) is 0 Å². The lowest BCUT2D eigenvalue weighted by Gasteiger charge is -1.97. The summed E-state index contributed by atoms with van der Waals surface area (Å²) in [6.07, 6.45) is 2.07. The Morgan fingerprint density at radius 3 is 3.11 bits per heavy atom. The second-order valence-electron chi connectivity index (χ2n) is 2.17. The third-order valence-corrected chi connectivity index (χ3v) is 1.60. The summed E-state index contributed by atoms with van der Waals surface area (Å²) in [5, 5.41) is 2.99. The first-order valence-corrected chi connectivity index (χ1v) is 3.48.